The average molecular weight is 238 g/mol. The molecule has 2 N–H and O–H groups in total. The van der Waals surface area contributed by atoms with Gasteiger partial charge in [0.1, 0.15) is 5.75 Å². The molecule has 0 saturated heterocycles. The second-order valence-corrected chi connectivity index (χ2v) is 3.69. The third kappa shape index (κ3) is 4.14. The predicted molar refractivity (Wildman–Crippen MR) is 59.6 cm³/mol. The van der Waals surface area contributed by atoms with Crippen LogP contribution in [-0.4, -0.2) is 29.3 Å². The SMILES string of the molecule is COC(=O)C(CC(=O)O)Cc1cccc(O)c1. The van der Waals surface area contributed by atoms with E-state index in [9.17, 15) is 14.7 Å². The monoisotopic (exact) mass is 238 g/mol. The van der Waals surface area contributed by atoms with Gasteiger partial charge in [-0.1, -0.05) is 12.1 Å². The number of rotatable bonds is 5. The quantitative estimate of drug-likeness (QED) is 0.753. The minimum absolute atomic E-state index is 0.0847. The molecule has 0 aliphatic rings. The standard InChI is InChI=1S/C12H14O5/c1-17-12(16)9(7-11(14)15)5-8-3-2-4-10(13)6-8/h2-4,6,9,13H,5,7H2,1H3,(H,14,15). The number of ether oxygens (including phenoxy) is 1. The normalized spacial score (nSPS) is 11.8. The molecule has 0 saturated carbocycles. The fraction of sp³-hybridized carbons (Fsp3) is 0.333. The van der Waals surface area contributed by atoms with E-state index in [0.29, 0.717) is 5.56 Å². The number of aliphatic carboxylic acids is 1. The summed E-state index contributed by atoms with van der Waals surface area (Å²) in [6.45, 7) is 0. The van der Waals surface area contributed by atoms with Crippen molar-refractivity contribution in [2.45, 2.75) is 12.8 Å². The van der Waals surface area contributed by atoms with E-state index in [2.05, 4.69) is 4.74 Å². The first-order valence-electron chi connectivity index (χ1n) is 5.10. The van der Waals surface area contributed by atoms with E-state index in [1.54, 1.807) is 12.1 Å². The zero-order valence-corrected chi connectivity index (χ0v) is 9.42. The topological polar surface area (TPSA) is 83.8 Å². The summed E-state index contributed by atoms with van der Waals surface area (Å²) in [5.41, 5.74) is 0.696. The van der Waals surface area contributed by atoms with E-state index in [4.69, 9.17) is 5.11 Å². The number of phenolic OH excluding ortho intramolecular Hbond substituents is 1. The Labute approximate surface area is 98.6 Å². The fourth-order valence-electron chi connectivity index (χ4n) is 1.58. The lowest BCUT2D eigenvalue weighted by Gasteiger charge is -2.12. The molecule has 0 spiro atoms. The van der Waals surface area contributed by atoms with Crippen molar-refractivity contribution in [3.05, 3.63) is 29.8 Å². The Hall–Kier alpha value is -2.04. The smallest absolute Gasteiger partial charge is 0.309 e. The molecule has 17 heavy (non-hydrogen) atoms. The van der Waals surface area contributed by atoms with E-state index < -0.39 is 17.9 Å². The molecule has 1 unspecified atom stereocenters. The Bertz CT molecular complexity index is 413. The van der Waals surface area contributed by atoms with Crippen LogP contribution in [0.15, 0.2) is 24.3 Å². The van der Waals surface area contributed by atoms with Crippen LogP contribution in [0.3, 0.4) is 0 Å². The van der Waals surface area contributed by atoms with Gasteiger partial charge in [-0.15, -0.1) is 0 Å². The van der Waals surface area contributed by atoms with Gasteiger partial charge in [0.2, 0.25) is 0 Å². The van der Waals surface area contributed by atoms with Crippen molar-refractivity contribution in [1.82, 2.24) is 0 Å². The Morgan fingerprint density at radius 1 is 1.41 bits per heavy atom. The minimum Gasteiger partial charge on any atom is -0.508 e. The van der Waals surface area contributed by atoms with E-state index >= 15 is 0 Å². The number of carboxylic acids is 1. The molecular formula is C12H14O5. The van der Waals surface area contributed by atoms with Gasteiger partial charge in [0.05, 0.1) is 19.4 Å². The summed E-state index contributed by atoms with van der Waals surface area (Å²) in [6, 6.07) is 6.36. The van der Waals surface area contributed by atoms with Crippen LogP contribution in [0.1, 0.15) is 12.0 Å². The van der Waals surface area contributed by atoms with Gasteiger partial charge in [0.15, 0.2) is 0 Å². The van der Waals surface area contributed by atoms with Gasteiger partial charge in [-0.25, -0.2) is 0 Å². The first-order chi connectivity index (χ1) is 8.02. The lowest BCUT2D eigenvalue weighted by atomic mass is 9.96. The van der Waals surface area contributed by atoms with Gasteiger partial charge in [-0.3, -0.25) is 9.59 Å². The lowest BCUT2D eigenvalue weighted by Crippen LogP contribution is -2.21. The molecule has 1 atom stereocenters. The number of hydrogen-bond donors (Lipinski definition) is 2. The molecule has 0 fully saturated rings. The van der Waals surface area contributed by atoms with Crippen molar-refractivity contribution in [3.63, 3.8) is 0 Å². The zero-order chi connectivity index (χ0) is 12.8. The second kappa shape index (κ2) is 5.89. The van der Waals surface area contributed by atoms with Crippen molar-refractivity contribution in [3.8, 4) is 5.75 Å². The Balaban J connectivity index is 2.78. The third-order valence-electron chi connectivity index (χ3n) is 2.35. The van der Waals surface area contributed by atoms with Crippen molar-refractivity contribution in [1.29, 1.82) is 0 Å². The van der Waals surface area contributed by atoms with Gasteiger partial charge >= 0.3 is 11.9 Å². The van der Waals surface area contributed by atoms with Gasteiger partial charge in [0, 0.05) is 0 Å². The van der Waals surface area contributed by atoms with Gasteiger partial charge in [-0.05, 0) is 24.1 Å². The summed E-state index contributed by atoms with van der Waals surface area (Å²) in [7, 11) is 1.22. The van der Waals surface area contributed by atoms with Gasteiger partial charge < -0.3 is 14.9 Å². The zero-order valence-electron chi connectivity index (χ0n) is 9.42. The molecule has 0 aliphatic heterocycles. The summed E-state index contributed by atoms with van der Waals surface area (Å²) in [5, 5.41) is 18.0. The molecule has 5 nitrogen and oxygen atoms in total. The molecule has 0 amide bonds. The first kappa shape index (κ1) is 13.0. The number of hydrogen-bond acceptors (Lipinski definition) is 4. The largest absolute Gasteiger partial charge is 0.508 e. The Morgan fingerprint density at radius 3 is 2.65 bits per heavy atom. The molecule has 0 heterocycles. The summed E-state index contributed by atoms with van der Waals surface area (Å²) in [6.07, 6.45) is -0.0598. The molecule has 1 aromatic rings. The van der Waals surface area contributed by atoms with Crippen molar-refractivity contribution in [2.24, 2.45) is 5.92 Å². The molecular weight excluding hydrogens is 224 g/mol. The van der Waals surface area contributed by atoms with Crippen LogP contribution in [0.2, 0.25) is 0 Å². The fourth-order valence-corrected chi connectivity index (χ4v) is 1.58. The molecule has 0 aliphatic carbocycles. The summed E-state index contributed by atoms with van der Waals surface area (Å²) in [4.78, 5) is 22.0. The summed E-state index contributed by atoms with van der Waals surface area (Å²) >= 11 is 0. The number of esters is 1. The van der Waals surface area contributed by atoms with Crippen LogP contribution in [0, 0.1) is 5.92 Å². The first-order valence-corrected chi connectivity index (χ1v) is 5.10. The predicted octanol–water partition coefficient (Wildman–Crippen LogP) is 1.20. The number of aromatic hydroxyl groups is 1. The number of carbonyl (C=O) groups is 2. The van der Waals surface area contributed by atoms with Crippen molar-refractivity contribution in [2.75, 3.05) is 7.11 Å². The van der Waals surface area contributed by atoms with Crippen LogP contribution < -0.4 is 0 Å². The highest BCUT2D eigenvalue weighted by atomic mass is 16.5. The molecule has 92 valence electrons. The molecule has 0 radical (unpaired) electrons. The number of carboxylic acid groups (broad SMARTS) is 1. The molecule has 0 bridgehead atoms. The highest BCUT2D eigenvalue weighted by Crippen LogP contribution is 2.18. The molecule has 1 rings (SSSR count). The van der Waals surface area contributed by atoms with Crippen LogP contribution in [0.25, 0.3) is 0 Å². The van der Waals surface area contributed by atoms with Crippen LogP contribution in [-0.2, 0) is 20.7 Å². The highest BCUT2D eigenvalue weighted by Gasteiger charge is 2.22. The van der Waals surface area contributed by atoms with Gasteiger partial charge in [-0.2, -0.15) is 0 Å². The number of benzene rings is 1. The summed E-state index contributed by atoms with van der Waals surface area (Å²) in [5.74, 6) is -2.27. The molecule has 1 aromatic carbocycles. The van der Waals surface area contributed by atoms with E-state index in [1.165, 1.54) is 19.2 Å². The second-order valence-electron chi connectivity index (χ2n) is 3.69. The van der Waals surface area contributed by atoms with E-state index in [-0.39, 0.29) is 18.6 Å². The average Bonchev–Trinajstić information content (AvgIpc) is 2.26. The van der Waals surface area contributed by atoms with Crippen LogP contribution >= 0.6 is 0 Å². The third-order valence-corrected chi connectivity index (χ3v) is 2.35. The maximum absolute atomic E-state index is 11.4. The number of phenols is 1. The van der Waals surface area contributed by atoms with Crippen LogP contribution in [0.4, 0.5) is 0 Å². The van der Waals surface area contributed by atoms with E-state index in [1.807, 2.05) is 0 Å². The Kier molecular flexibility index (Phi) is 4.51. The van der Waals surface area contributed by atoms with Gasteiger partial charge in [0.25, 0.3) is 0 Å². The number of carbonyl (C=O) groups excluding carboxylic acids is 1. The lowest BCUT2D eigenvalue weighted by molar-refractivity contribution is -0.150. The molecule has 0 aromatic heterocycles. The highest BCUT2D eigenvalue weighted by molar-refractivity contribution is 5.79. The van der Waals surface area contributed by atoms with Crippen LogP contribution in [0.5, 0.6) is 5.75 Å². The minimum atomic E-state index is -1.06. The number of methoxy groups -OCH3 is 1. The van der Waals surface area contributed by atoms with Crippen molar-refractivity contribution < 1.29 is 24.5 Å². The maximum atomic E-state index is 11.4. The molecule has 5 heteroatoms. The summed E-state index contributed by atoms with van der Waals surface area (Å²) < 4.78 is 4.55. The Morgan fingerprint density at radius 2 is 2.12 bits per heavy atom. The van der Waals surface area contributed by atoms with Crippen molar-refractivity contribution >= 4 is 11.9 Å². The van der Waals surface area contributed by atoms with E-state index in [0.717, 1.165) is 0 Å². The maximum Gasteiger partial charge on any atom is 0.309 e.